The molecule has 100 valence electrons. The lowest BCUT2D eigenvalue weighted by Crippen LogP contribution is -2.03. The topological polar surface area (TPSA) is 17.8 Å². The summed E-state index contributed by atoms with van der Waals surface area (Å²) in [7, 11) is 1.94. The Morgan fingerprint density at radius 3 is 2.55 bits per heavy atom. The van der Waals surface area contributed by atoms with Gasteiger partial charge in [-0.05, 0) is 42.4 Å². The summed E-state index contributed by atoms with van der Waals surface area (Å²) in [4.78, 5) is 4.52. The van der Waals surface area contributed by atoms with Crippen LogP contribution in [0.5, 0.6) is 0 Å². The molecular formula is C16H13ClN2S. The first-order valence-corrected chi connectivity index (χ1v) is 7.09. The van der Waals surface area contributed by atoms with Crippen LogP contribution in [0.15, 0.2) is 42.5 Å². The third kappa shape index (κ3) is 2.13. The average Bonchev–Trinajstić information content (AvgIpc) is 2.42. The molecule has 3 rings (SSSR count). The first-order chi connectivity index (χ1) is 9.58. The van der Waals surface area contributed by atoms with Gasteiger partial charge in [-0.3, -0.25) is 0 Å². The minimum absolute atomic E-state index is 0.571. The van der Waals surface area contributed by atoms with Crippen molar-refractivity contribution in [1.82, 2.24) is 9.55 Å². The van der Waals surface area contributed by atoms with Gasteiger partial charge in [-0.15, -0.1) is 0 Å². The summed E-state index contributed by atoms with van der Waals surface area (Å²) in [5.74, 6) is 0. The number of hydrogen-bond donors (Lipinski definition) is 0. The van der Waals surface area contributed by atoms with Gasteiger partial charge in [-0.2, -0.15) is 0 Å². The largest absolute Gasteiger partial charge is 0.319 e. The Bertz CT molecular complexity index is 854. The van der Waals surface area contributed by atoms with Crippen molar-refractivity contribution in [1.29, 1.82) is 0 Å². The van der Waals surface area contributed by atoms with Gasteiger partial charge in [0, 0.05) is 17.5 Å². The summed E-state index contributed by atoms with van der Waals surface area (Å²) in [6, 6.07) is 14.0. The van der Waals surface area contributed by atoms with Crippen molar-refractivity contribution in [3.05, 3.63) is 57.8 Å². The molecule has 0 unspecified atom stereocenters. The number of fused-ring (bicyclic) bond motifs is 1. The van der Waals surface area contributed by atoms with Gasteiger partial charge in [0.15, 0.2) is 4.77 Å². The van der Waals surface area contributed by atoms with Crippen LogP contribution in [0.4, 0.5) is 0 Å². The van der Waals surface area contributed by atoms with Crippen molar-refractivity contribution in [2.24, 2.45) is 7.05 Å². The highest BCUT2D eigenvalue weighted by atomic mass is 35.5. The van der Waals surface area contributed by atoms with Crippen LogP contribution in [0.1, 0.15) is 5.56 Å². The molecule has 0 atom stereocenters. The van der Waals surface area contributed by atoms with E-state index in [1.54, 1.807) is 0 Å². The first kappa shape index (κ1) is 13.3. The molecule has 0 fully saturated rings. The quantitative estimate of drug-likeness (QED) is 0.593. The third-order valence-electron chi connectivity index (χ3n) is 3.40. The highest BCUT2D eigenvalue weighted by molar-refractivity contribution is 7.71. The van der Waals surface area contributed by atoms with E-state index in [0.29, 0.717) is 9.79 Å². The van der Waals surface area contributed by atoms with Crippen molar-refractivity contribution in [2.75, 3.05) is 0 Å². The maximum atomic E-state index is 6.21. The second kappa shape index (κ2) is 5.00. The highest BCUT2D eigenvalue weighted by Gasteiger charge is 2.11. The Balaban J connectivity index is 2.52. The Kier molecular flexibility index (Phi) is 3.32. The fourth-order valence-corrected chi connectivity index (χ4v) is 2.91. The lowest BCUT2D eigenvalue weighted by Gasteiger charge is -2.14. The minimum atomic E-state index is 0.571. The molecule has 0 aliphatic carbocycles. The van der Waals surface area contributed by atoms with E-state index in [9.17, 15) is 0 Å². The normalized spacial score (nSPS) is 10.9. The SMILES string of the molecule is Cc1cc(Cl)cc2c(-c3ccccc3)n(C)c(=S)nc12. The summed E-state index contributed by atoms with van der Waals surface area (Å²) >= 11 is 11.6. The number of hydrogen-bond acceptors (Lipinski definition) is 2. The van der Waals surface area contributed by atoms with Crippen molar-refractivity contribution in [3.8, 4) is 11.3 Å². The monoisotopic (exact) mass is 300 g/mol. The predicted octanol–water partition coefficient (Wildman–Crippen LogP) is 4.93. The van der Waals surface area contributed by atoms with Gasteiger partial charge in [0.05, 0.1) is 11.2 Å². The standard InChI is InChI=1S/C16H13ClN2S/c1-10-8-12(17)9-13-14(10)18-16(20)19(2)15(13)11-6-4-3-5-7-11/h3-9H,1-2H3. The molecule has 0 bridgehead atoms. The van der Waals surface area contributed by atoms with Crippen molar-refractivity contribution in [2.45, 2.75) is 6.92 Å². The van der Waals surface area contributed by atoms with Gasteiger partial charge in [0.2, 0.25) is 0 Å². The van der Waals surface area contributed by atoms with Gasteiger partial charge < -0.3 is 4.57 Å². The molecule has 0 saturated carbocycles. The van der Waals surface area contributed by atoms with Gasteiger partial charge >= 0.3 is 0 Å². The number of halogens is 1. The zero-order chi connectivity index (χ0) is 14.3. The third-order valence-corrected chi connectivity index (χ3v) is 3.98. The summed E-state index contributed by atoms with van der Waals surface area (Å²) in [6.07, 6.45) is 0. The molecule has 0 amide bonds. The van der Waals surface area contributed by atoms with Crippen molar-refractivity contribution >= 4 is 34.7 Å². The van der Waals surface area contributed by atoms with E-state index >= 15 is 0 Å². The van der Waals surface area contributed by atoms with Crippen LogP contribution in [0.25, 0.3) is 22.2 Å². The zero-order valence-electron chi connectivity index (χ0n) is 11.2. The number of nitrogens with zero attached hydrogens (tertiary/aromatic N) is 2. The van der Waals surface area contributed by atoms with E-state index in [-0.39, 0.29) is 0 Å². The van der Waals surface area contributed by atoms with E-state index in [0.717, 1.165) is 27.7 Å². The Hall–Kier alpha value is -1.71. The molecule has 0 radical (unpaired) electrons. The Labute approximate surface area is 127 Å². The number of aryl methyl sites for hydroxylation is 1. The maximum Gasteiger partial charge on any atom is 0.200 e. The molecule has 0 N–H and O–H groups in total. The van der Waals surface area contributed by atoms with Crippen molar-refractivity contribution in [3.63, 3.8) is 0 Å². The van der Waals surface area contributed by atoms with E-state index < -0.39 is 0 Å². The van der Waals surface area contributed by atoms with E-state index in [2.05, 4.69) is 17.1 Å². The number of rotatable bonds is 1. The van der Waals surface area contributed by atoms with Gasteiger partial charge in [0.25, 0.3) is 0 Å². The van der Waals surface area contributed by atoms with E-state index in [4.69, 9.17) is 23.8 Å². The fraction of sp³-hybridized carbons (Fsp3) is 0.125. The number of benzene rings is 2. The van der Waals surface area contributed by atoms with Crippen LogP contribution < -0.4 is 0 Å². The minimum Gasteiger partial charge on any atom is -0.319 e. The summed E-state index contributed by atoms with van der Waals surface area (Å²) < 4.78 is 2.50. The van der Waals surface area contributed by atoms with Gasteiger partial charge in [-0.25, -0.2) is 4.98 Å². The van der Waals surface area contributed by atoms with Crippen molar-refractivity contribution < 1.29 is 0 Å². The predicted molar refractivity (Wildman–Crippen MR) is 86.7 cm³/mol. The Morgan fingerprint density at radius 2 is 1.85 bits per heavy atom. The van der Waals surface area contributed by atoms with Crippen LogP contribution in [0.2, 0.25) is 5.02 Å². The van der Waals surface area contributed by atoms with Gasteiger partial charge in [-0.1, -0.05) is 41.9 Å². The number of aromatic nitrogens is 2. The molecule has 4 heteroatoms. The van der Waals surface area contributed by atoms with Crippen LogP contribution in [-0.4, -0.2) is 9.55 Å². The molecule has 20 heavy (non-hydrogen) atoms. The summed E-state index contributed by atoms with van der Waals surface area (Å²) in [6.45, 7) is 2.00. The molecule has 0 aliphatic rings. The molecule has 0 spiro atoms. The maximum absolute atomic E-state index is 6.21. The lowest BCUT2D eigenvalue weighted by atomic mass is 10.0. The lowest BCUT2D eigenvalue weighted by molar-refractivity contribution is 0.868. The molecule has 0 saturated heterocycles. The van der Waals surface area contributed by atoms with Gasteiger partial charge in [0.1, 0.15) is 0 Å². The second-order valence-corrected chi connectivity index (χ2v) is 5.59. The van der Waals surface area contributed by atoms with Crippen LogP contribution in [-0.2, 0) is 7.05 Å². The molecule has 0 aliphatic heterocycles. The molecule has 2 nitrogen and oxygen atoms in total. The summed E-state index contributed by atoms with van der Waals surface area (Å²) in [5, 5.41) is 1.74. The fourth-order valence-electron chi connectivity index (χ4n) is 2.46. The van der Waals surface area contributed by atoms with Crippen LogP contribution >= 0.6 is 23.8 Å². The van der Waals surface area contributed by atoms with E-state index in [1.165, 1.54) is 0 Å². The molecule has 1 heterocycles. The molecule has 1 aromatic heterocycles. The zero-order valence-corrected chi connectivity index (χ0v) is 12.8. The Morgan fingerprint density at radius 1 is 1.15 bits per heavy atom. The van der Waals surface area contributed by atoms with Crippen LogP contribution in [0.3, 0.4) is 0 Å². The van der Waals surface area contributed by atoms with E-state index in [1.807, 2.05) is 48.9 Å². The highest BCUT2D eigenvalue weighted by Crippen LogP contribution is 2.31. The molecular weight excluding hydrogens is 288 g/mol. The smallest absolute Gasteiger partial charge is 0.200 e. The van der Waals surface area contributed by atoms with Crippen LogP contribution in [0, 0.1) is 11.7 Å². The molecule has 3 aromatic rings. The molecule has 2 aromatic carbocycles. The second-order valence-electron chi connectivity index (χ2n) is 4.79. The summed E-state index contributed by atoms with van der Waals surface area (Å²) in [5.41, 5.74) is 4.11. The average molecular weight is 301 g/mol. The first-order valence-electron chi connectivity index (χ1n) is 6.30.